The van der Waals surface area contributed by atoms with Crippen molar-refractivity contribution in [3.05, 3.63) is 34.1 Å². The summed E-state index contributed by atoms with van der Waals surface area (Å²) >= 11 is 3.47. The fraction of sp³-hybridized carbons (Fsp3) is 0.571. The highest BCUT2D eigenvalue weighted by Crippen LogP contribution is 2.24. The van der Waals surface area contributed by atoms with Crippen molar-refractivity contribution in [1.82, 2.24) is 5.32 Å². The molecular formula is C14H21BrFNO. The Morgan fingerprint density at radius 3 is 2.78 bits per heavy atom. The Labute approximate surface area is 117 Å². The van der Waals surface area contributed by atoms with E-state index in [1.165, 1.54) is 6.07 Å². The van der Waals surface area contributed by atoms with Crippen molar-refractivity contribution < 1.29 is 9.13 Å². The van der Waals surface area contributed by atoms with Gasteiger partial charge in [-0.3, -0.25) is 0 Å². The van der Waals surface area contributed by atoms with Gasteiger partial charge >= 0.3 is 0 Å². The van der Waals surface area contributed by atoms with Gasteiger partial charge in [0.15, 0.2) is 0 Å². The van der Waals surface area contributed by atoms with Crippen LogP contribution in [0.2, 0.25) is 0 Å². The van der Waals surface area contributed by atoms with Crippen molar-refractivity contribution in [2.24, 2.45) is 0 Å². The third kappa shape index (κ3) is 5.04. The fourth-order valence-corrected chi connectivity index (χ4v) is 2.23. The first kappa shape index (κ1) is 15.6. The van der Waals surface area contributed by atoms with Crippen LogP contribution < -0.4 is 5.32 Å². The summed E-state index contributed by atoms with van der Waals surface area (Å²) in [4.78, 5) is 0. The van der Waals surface area contributed by atoms with Crippen LogP contribution in [0, 0.1) is 5.82 Å². The summed E-state index contributed by atoms with van der Waals surface area (Å²) < 4.78 is 19.8. The Bertz CT molecular complexity index is 360. The number of hydrogen-bond acceptors (Lipinski definition) is 2. The number of hydrogen-bond donors (Lipinski definition) is 1. The van der Waals surface area contributed by atoms with Crippen LogP contribution in [0.15, 0.2) is 22.7 Å². The highest BCUT2D eigenvalue weighted by atomic mass is 79.9. The topological polar surface area (TPSA) is 21.3 Å². The molecule has 1 unspecified atom stereocenters. The van der Waals surface area contributed by atoms with Crippen LogP contribution in [-0.2, 0) is 4.74 Å². The lowest BCUT2D eigenvalue weighted by molar-refractivity contribution is 0.111. The van der Waals surface area contributed by atoms with Crippen molar-refractivity contribution in [1.29, 1.82) is 0 Å². The molecule has 0 radical (unpaired) electrons. The van der Waals surface area contributed by atoms with Crippen LogP contribution in [0.25, 0.3) is 0 Å². The standard InChI is InChI=1S/C14H21BrFNO/c1-3-7-17-14(10-18-8-4-2)12-9-11(16)5-6-13(12)15/h5-6,9,14,17H,3-4,7-8,10H2,1-2H3. The van der Waals surface area contributed by atoms with E-state index in [1.54, 1.807) is 12.1 Å². The molecule has 0 aromatic heterocycles. The minimum absolute atomic E-state index is 0.0292. The van der Waals surface area contributed by atoms with Crippen LogP contribution in [0.1, 0.15) is 38.3 Å². The summed E-state index contributed by atoms with van der Waals surface area (Å²) in [5, 5.41) is 3.39. The molecule has 102 valence electrons. The zero-order chi connectivity index (χ0) is 13.4. The lowest BCUT2D eigenvalue weighted by Crippen LogP contribution is -2.27. The van der Waals surface area contributed by atoms with Gasteiger partial charge in [-0.25, -0.2) is 4.39 Å². The monoisotopic (exact) mass is 317 g/mol. The van der Waals surface area contributed by atoms with E-state index in [-0.39, 0.29) is 11.9 Å². The van der Waals surface area contributed by atoms with Gasteiger partial charge in [-0.05, 0) is 43.1 Å². The predicted molar refractivity (Wildman–Crippen MR) is 76.2 cm³/mol. The Kier molecular flexibility index (Phi) is 7.47. The number of ether oxygens (including phenoxy) is 1. The summed E-state index contributed by atoms with van der Waals surface area (Å²) in [6.45, 7) is 6.38. The molecule has 0 amide bonds. The molecule has 0 heterocycles. The van der Waals surface area contributed by atoms with Crippen molar-refractivity contribution in [2.45, 2.75) is 32.7 Å². The average Bonchev–Trinajstić information content (AvgIpc) is 2.37. The van der Waals surface area contributed by atoms with Crippen LogP contribution in [0.5, 0.6) is 0 Å². The summed E-state index contributed by atoms with van der Waals surface area (Å²) in [7, 11) is 0. The molecule has 1 atom stereocenters. The number of nitrogens with one attached hydrogen (secondary N) is 1. The maximum atomic E-state index is 13.3. The van der Waals surface area contributed by atoms with E-state index < -0.39 is 0 Å². The van der Waals surface area contributed by atoms with E-state index >= 15 is 0 Å². The van der Waals surface area contributed by atoms with Gasteiger partial charge in [0.25, 0.3) is 0 Å². The highest BCUT2D eigenvalue weighted by molar-refractivity contribution is 9.10. The number of rotatable bonds is 8. The van der Waals surface area contributed by atoms with E-state index in [1.807, 2.05) is 0 Å². The molecule has 0 aliphatic carbocycles. The summed E-state index contributed by atoms with van der Waals surface area (Å²) in [5.74, 6) is -0.216. The normalized spacial score (nSPS) is 12.7. The molecule has 18 heavy (non-hydrogen) atoms. The Balaban J connectivity index is 2.75. The Morgan fingerprint density at radius 1 is 1.33 bits per heavy atom. The van der Waals surface area contributed by atoms with Gasteiger partial charge in [0, 0.05) is 11.1 Å². The van der Waals surface area contributed by atoms with Crippen molar-refractivity contribution >= 4 is 15.9 Å². The van der Waals surface area contributed by atoms with Gasteiger partial charge in [-0.2, -0.15) is 0 Å². The quantitative estimate of drug-likeness (QED) is 0.730. The Morgan fingerprint density at radius 2 is 2.11 bits per heavy atom. The lowest BCUT2D eigenvalue weighted by Gasteiger charge is -2.20. The smallest absolute Gasteiger partial charge is 0.123 e. The predicted octanol–water partition coefficient (Wildman–Crippen LogP) is 4.06. The molecule has 1 aromatic carbocycles. The molecule has 2 nitrogen and oxygen atoms in total. The van der Waals surface area contributed by atoms with Gasteiger partial charge in [0.2, 0.25) is 0 Å². The minimum atomic E-state index is -0.216. The van der Waals surface area contributed by atoms with Gasteiger partial charge in [-0.1, -0.05) is 29.8 Å². The molecule has 1 N–H and O–H groups in total. The molecule has 0 aliphatic heterocycles. The maximum absolute atomic E-state index is 13.3. The largest absolute Gasteiger partial charge is 0.379 e. The van der Waals surface area contributed by atoms with E-state index in [4.69, 9.17) is 4.74 Å². The molecule has 1 aromatic rings. The average molecular weight is 318 g/mol. The van der Waals surface area contributed by atoms with Gasteiger partial charge in [-0.15, -0.1) is 0 Å². The van der Waals surface area contributed by atoms with Crippen molar-refractivity contribution in [3.63, 3.8) is 0 Å². The second kappa shape index (κ2) is 8.62. The first-order chi connectivity index (χ1) is 8.69. The molecule has 1 rings (SSSR count). The summed E-state index contributed by atoms with van der Waals surface area (Å²) in [6, 6.07) is 4.79. The van der Waals surface area contributed by atoms with Crippen LogP contribution in [0.4, 0.5) is 4.39 Å². The van der Waals surface area contributed by atoms with Gasteiger partial charge < -0.3 is 10.1 Å². The molecule has 0 aliphatic rings. The number of halogens is 2. The maximum Gasteiger partial charge on any atom is 0.123 e. The molecule has 4 heteroatoms. The first-order valence-electron chi connectivity index (χ1n) is 6.45. The Hall–Kier alpha value is -0.450. The van der Waals surface area contributed by atoms with E-state index in [9.17, 15) is 4.39 Å². The van der Waals surface area contributed by atoms with E-state index in [0.29, 0.717) is 6.61 Å². The second-order valence-corrected chi connectivity index (χ2v) is 5.10. The molecule has 0 bridgehead atoms. The van der Waals surface area contributed by atoms with Crippen LogP contribution >= 0.6 is 15.9 Å². The summed E-state index contributed by atoms with van der Waals surface area (Å²) in [5.41, 5.74) is 0.916. The van der Waals surface area contributed by atoms with Gasteiger partial charge in [0.1, 0.15) is 5.82 Å². The zero-order valence-electron chi connectivity index (χ0n) is 11.0. The molecule has 0 fully saturated rings. The second-order valence-electron chi connectivity index (χ2n) is 4.25. The molecule has 0 saturated heterocycles. The van der Waals surface area contributed by atoms with E-state index in [2.05, 4.69) is 35.1 Å². The summed E-state index contributed by atoms with van der Waals surface area (Å²) in [6.07, 6.45) is 2.03. The number of benzene rings is 1. The SMILES string of the molecule is CCCNC(COCCC)c1cc(F)ccc1Br. The molecule has 0 saturated carbocycles. The van der Waals surface area contributed by atoms with Crippen molar-refractivity contribution in [2.75, 3.05) is 19.8 Å². The lowest BCUT2D eigenvalue weighted by atomic mass is 10.1. The van der Waals surface area contributed by atoms with Gasteiger partial charge in [0.05, 0.1) is 12.6 Å². The fourth-order valence-electron chi connectivity index (χ4n) is 1.70. The van der Waals surface area contributed by atoms with E-state index in [0.717, 1.165) is 36.0 Å². The van der Waals surface area contributed by atoms with Crippen LogP contribution in [-0.4, -0.2) is 19.8 Å². The third-order valence-electron chi connectivity index (χ3n) is 2.61. The van der Waals surface area contributed by atoms with Crippen molar-refractivity contribution in [3.8, 4) is 0 Å². The third-order valence-corrected chi connectivity index (χ3v) is 3.33. The molecule has 0 spiro atoms. The minimum Gasteiger partial charge on any atom is -0.379 e. The molecular weight excluding hydrogens is 297 g/mol. The zero-order valence-corrected chi connectivity index (χ0v) is 12.6. The first-order valence-corrected chi connectivity index (χ1v) is 7.24. The highest BCUT2D eigenvalue weighted by Gasteiger charge is 2.14. The van der Waals surface area contributed by atoms with Crippen LogP contribution in [0.3, 0.4) is 0 Å².